The minimum Gasteiger partial charge on any atom is -0.394 e. The monoisotopic (exact) mass is 1460 g/mol. The molecule has 3 amide bonds. The summed E-state index contributed by atoms with van der Waals surface area (Å²) < 4.78 is 48.6. The lowest BCUT2D eigenvalue weighted by atomic mass is 9.89. The summed E-state index contributed by atoms with van der Waals surface area (Å²) >= 11 is 0. The number of para-hydroxylation sites is 1. The minimum absolute atomic E-state index is 0.0823. The van der Waals surface area contributed by atoms with E-state index in [1.54, 1.807) is 30.3 Å². The first-order valence-electron chi connectivity index (χ1n) is 40.9. The molecule has 3 saturated carbocycles. The highest BCUT2D eigenvalue weighted by Gasteiger charge is 2.38. The van der Waals surface area contributed by atoms with Gasteiger partial charge in [-0.1, -0.05) is 192 Å². The van der Waals surface area contributed by atoms with Gasteiger partial charge in [-0.3, -0.25) is 28.4 Å². The predicted octanol–water partition coefficient (Wildman–Crippen LogP) is 19.1. The molecule has 7 aliphatic rings. The first-order chi connectivity index (χ1) is 53.0. The Bertz CT molecular complexity index is 4420. The molecule has 4 atom stereocenters. The molecule has 9 aromatic rings. The second-order valence-electron chi connectivity index (χ2n) is 31.6. The Morgan fingerprint density at radius 2 is 0.778 bits per heavy atom. The Kier molecular flexibility index (Phi) is 25.9. The molecule has 6 aromatic carbocycles. The van der Waals surface area contributed by atoms with Crippen molar-refractivity contribution in [2.24, 2.45) is 0 Å². The first kappa shape index (κ1) is 75.7. The Morgan fingerprint density at radius 3 is 1.19 bits per heavy atom. The number of aliphatic hydroxyl groups excluding tert-OH is 1. The maximum absolute atomic E-state index is 14.0. The fourth-order valence-corrected chi connectivity index (χ4v) is 18.7. The highest BCUT2D eigenvalue weighted by molar-refractivity contribution is 5.95. The third-order valence-corrected chi connectivity index (χ3v) is 24.2. The van der Waals surface area contributed by atoms with Crippen LogP contribution in [0.4, 0.5) is 18.9 Å². The molecule has 16 rings (SSSR count). The summed E-state index contributed by atoms with van der Waals surface area (Å²) in [5, 5.41) is 31.3. The average Bonchev–Trinajstić information content (AvgIpc) is 1.63. The van der Waals surface area contributed by atoms with Gasteiger partial charge in [0.1, 0.15) is 17.5 Å². The molecule has 1 aliphatic heterocycles. The molecule has 0 spiro atoms. The number of amides is 3. The number of hydrogen-bond acceptors (Lipinski definition) is 8. The summed E-state index contributed by atoms with van der Waals surface area (Å²) in [5.41, 5.74) is 15.0. The van der Waals surface area contributed by atoms with E-state index in [2.05, 4.69) is 53.8 Å². The molecule has 17 heteroatoms. The van der Waals surface area contributed by atoms with Crippen molar-refractivity contribution in [3.05, 3.63) is 260 Å². The van der Waals surface area contributed by atoms with Gasteiger partial charge in [0, 0.05) is 89.9 Å². The Balaban J connectivity index is 0.000000136. The van der Waals surface area contributed by atoms with Crippen LogP contribution in [0.3, 0.4) is 0 Å². The van der Waals surface area contributed by atoms with Crippen molar-refractivity contribution in [3.8, 4) is 0 Å². The summed E-state index contributed by atoms with van der Waals surface area (Å²) in [7, 11) is 0. The number of aliphatic hydroxyl groups is 1. The Labute approximate surface area is 636 Å². The molecule has 4 heterocycles. The van der Waals surface area contributed by atoms with Crippen LogP contribution >= 0.6 is 0 Å². The van der Waals surface area contributed by atoms with E-state index in [-0.39, 0.29) is 59.5 Å². The number of anilines is 1. The highest BCUT2D eigenvalue weighted by Crippen LogP contribution is 2.44. The fourth-order valence-electron chi connectivity index (χ4n) is 18.7. The van der Waals surface area contributed by atoms with Crippen molar-refractivity contribution in [3.63, 3.8) is 0 Å². The number of carbonyl (C=O) groups is 3. The number of benzene rings is 6. The van der Waals surface area contributed by atoms with Crippen LogP contribution in [0.1, 0.15) is 289 Å². The van der Waals surface area contributed by atoms with E-state index in [1.807, 2.05) is 95.9 Å². The van der Waals surface area contributed by atoms with Crippen molar-refractivity contribution < 1.29 is 32.7 Å². The van der Waals surface area contributed by atoms with Gasteiger partial charge < -0.3 is 25.5 Å². The Hall–Kier alpha value is -9.09. The minimum atomic E-state index is -0.483. The summed E-state index contributed by atoms with van der Waals surface area (Å²) in [4.78, 5) is 45.4. The smallest absolute Gasteiger partial charge is 0.274 e. The summed E-state index contributed by atoms with van der Waals surface area (Å²) in [6.45, 7) is 3.42. The van der Waals surface area contributed by atoms with Crippen molar-refractivity contribution in [2.75, 3.05) is 37.7 Å². The van der Waals surface area contributed by atoms with Gasteiger partial charge in [0.15, 0.2) is 17.1 Å². The van der Waals surface area contributed by atoms with Crippen molar-refractivity contribution >= 4 is 23.4 Å². The molecule has 6 aliphatic carbocycles. The lowest BCUT2D eigenvalue weighted by Crippen LogP contribution is -2.49. The van der Waals surface area contributed by atoms with Gasteiger partial charge in [-0.2, -0.15) is 15.3 Å². The zero-order valence-corrected chi connectivity index (χ0v) is 63.0. The Morgan fingerprint density at radius 1 is 0.407 bits per heavy atom. The van der Waals surface area contributed by atoms with E-state index in [1.165, 1.54) is 104 Å². The van der Waals surface area contributed by atoms with Gasteiger partial charge >= 0.3 is 0 Å². The molecule has 14 nitrogen and oxygen atoms in total. The van der Waals surface area contributed by atoms with Gasteiger partial charge in [0.05, 0.1) is 30.8 Å². The lowest BCUT2D eigenvalue weighted by Gasteiger charge is -2.36. The van der Waals surface area contributed by atoms with Crippen LogP contribution in [0.15, 0.2) is 164 Å². The van der Waals surface area contributed by atoms with Gasteiger partial charge in [-0.25, -0.2) is 13.2 Å². The van der Waals surface area contributed by atoms with Gasteiger partial charge in [-0.15, -0.1) is 0 Å². The molecule has 4 fully saturated rings. The summed E-state index contributed by atoms with van der Waals surface area (Å²) in [5.74, 6) is -0.0762. The van der Waals surface area contributed by atoms with Crippen LogP contribution in [0.5, 0.6) is 0 Å². The van der Waals surface area contributed by atoms with Crippen LogP contribution in [-0.4, -0.2) is 89.9 Å². The zero-order chi connectivity index (χ0) is 74.1. The largest absolute Gasteiger partial charge is 0.394 e. The topological polar surface area (TPSA) is 155 Å². The third-order valence-electron chi connectivity index (χ3n) is 24.2. The molecule has 3 N–H and O–H groups in total. The highest BCUT2D eigenvalue weighted by atomic mass is 19.1. The first-order valence-corrected chi connectivity index (χ1v) is 40.9. The van der Waals surface area contributed by atoms with Crippen LogP contribution in [-0.2, 0) is 45.1 Å². The van der Waals surface area contributed by atoms with Crippen LogP contribution in [0.2, 0.25) is 0 Å². The number of aromatic nitrogens is 6. The average molecular weight is 1460 g/mol. The molecule has 0 bridgehead atoms. The normalized spacial score (nSPS) is 19.6. The molecule has 3 aromatic heterocycles. The zero-order valence-electron chi connectivity index (χ0n) is 63.0. The predicted molar refractivity (Wildman–Crippen MR) is 420 cm³/mol. The molecular formula is C91H109F3N10O4. The number of fused-ring (bicyclic) bond motifs is 3. The lowest BCUT2D eigenvalue weighted by molar-refractivity contribution is 0.0737. The number of nitrogens with zero attached hydrogens (tertiary/aromatic N) is 8. The van der Waals surface area contributed by atoms with Crippen LogP contribution in [0.25, 0.3) is 0 Å². The molecular weight excluding hydrogens is 1350 g/mol. The van der Waals surface area contributed by atoms with Crippen molar-refractivity contribution in [2.45, 2.75) is 241 Å². The van der Waals surface area contributed by atoms with Gasteiger partial charge in [-0.05, 0) is 192 Å². The number of rotatable bonds is 18. The molecule has 568 valence electrons. The quantitative estimate of drug-likeness (QED) is 0.0717. The summed E-state index contributed by atoms with van der Waals surface area (Å²) in [6.07, 6.45) is 32.2. The maximum Gasteiger partial charge on any atom is 0.274 e. The van der Waals surface area contributed by atoms with Crippen LogP contribution in [0, 0.1) is 17.5 Å². The van der Waals surface area contributed by atoms with Crippen molar-refractivity contribution in [1.82, 2.24) is 44.9 Å². The van der Waals surface area contributed by atoms with Gasteiger partial charge in [0.25, 0.3) is 17.7 Å². The van der Waals surface area contributed by atoms with E-state index < -0.39 is 6.04 Å². The number of nitrogens with one attached hydrogen (secondary N) is 2. The molecule has 1 saturated heterocycles. The number of carbonyl (C=O) groups excluding carboxylic acids is 3. The second kappa shape index (κ2) is 36.9. The van der Waals surface area contributed by atoms with E-state index in [4.69, 9.17) is 15.3 Å². The van der Waals surface area contributed by atoms with E-state index >= 15 is 0 Å². The van der Waals surface area contributed by atoms with E-state index in [0.29, 0.717) is 54.8 Å². The van der Waals surface area contributed by atoms with E-state index in [9.17, 15) is 32.7 Å². The van der Waals surface area contributed by atoms with E-state index in [0.717, 1.165) is 187 Å². The number of piperazine rings is 1. The molecule has 0 radical (unpaired) electrons. The number of hydrogen-bond donors (Lipinski definition) is 3. The maximum atomic E-state index is 14.0. The van der Waals surface area contributed by atoms with Crippen LogP contribution < -0.4 is 15.5 Å². The molecule has 108 heavy (non-hydrogen) atoms. The van der Waals surface area contributed by atoms with Crippen molar-refractivity contribution in [1.29, 1.82) is 0 Å². The summed E-state index contributed by atoms with van der Waals surface area (Å²) in [6, 6.07) is 51.4. The SMILES string of the molecule is O=C(NCc1ccccc1)c1nn(C2CCCCC2)c2c1CCCCC2Cc1cccc(F)c1.O=C(N[C@@H](CO)c1ccccc1)c1nn(C2CCCCC2)c2c1CCCCC2Cc1cccc(F)c1.O=C(c1nn(C2CCCCC2)c2c1CCCCC2Cc1cccc(F)c1)N1CCN(c2ccccc2)CC1. The second-order valence-corrected chi connectivity index (χ2v) is 31.6. The number of halogens is 3. The molecule has 3 unspecified atom stereocenters. The van der Waals surface area contributed by atoms with Gasteiger partial charge in [0.2, 0.25) is 0 Å². The third kappa shape index (κ3) is 18.6. The standard InChI is InChI=1S/C32H39FN4O.C30H36FN3O2.C29H34FN3O/c33-26-12-9-10-24(23-26)22-25-11-7-8-17-29-30(34-37(31(25)29)28-15-5-2-6-16-28)32(38)36-20-18-35(19-21-36)27-13-3-1-4-14-27;31-24-14-9-10-21(19-24)18-23-13-7-8-17-26-28(33-34(29(23)26)25-15-5-2-6-16-25)30(36)32-27(20-35)22-11-3-1-4-12-22;30-24-14-9-12-22(19-24)18-23-13-7-8-17-26-27(29(34)31-20-21-10-3-1-4-11-21)32-33(28(23)26)25-15-5-2-6-16-25/h1,3-4,9-10,12-14,23,25,28H,2,5-8,11,15-22H2;1,3-4,9-12,14,19,23,25,27,35H,2,5-8,13,15-18,20H2,(H,32,36);1,3-4,9-12,14,19,23,25H,2,5-8,13,15-18,20H2,(H,31,34)/t;23?,27-;/m.0./s1. The fraction of sp³-hybridized carbons (Fsp3) is 0.473.